The van der Waals surface area contributed by atoms with Crippen LogP contribution in [0.3, 0.4) is 0 Å². The molecule has 2 unspecified atom stereocenters. The average Bonchev–Trinajstić information content (AvgIpc) is 3.15. The highest BCUT2D eigenvalue weighted by Crippen LogP contribution is 2.32. The Morgan fingerprint density at radius 2 is 1.67 bits per heavy atom. The van der Waals surface area contributed by atoms with Crippen LogP contribution >= 0.6 is 34.5 Å². The van der Waals surface area contributed by atoms with Crippen molar-refractivity contribution in [1.82, 2.24) is 8.87 Å². The van der Waals surface area contributed by atoms with Crippen molar-refractivity contribution in [1.29, 1.82) is 0 Å². The number of piperidine rings is 1. The van der Waals surface area contributed by atoms with E-state index in [2.05, 4.69) is 18.8 Å². The summed E-state index contributed by atoms with van der Waals surface area (Å²) < 4.78 is 30.3. The second-order valence-corrected chi connectivity index (χ2v) is 12.3. The summed E-state index contributed by atoms with van der Waals surface area (Å²) in [4.78, 5) is 17.8. The second-order valence-electron chi connectivity index (χ2n) is 8.55. The second kappa shape index (κ2) is 9.50. The first kappa shape index (κ1) is 24.4. The van der Waals surface area contributed by atoms with E-state index in [0.717, 1.165) is 16.6 Å². The molecule has 2 atom stereocenters. The minimum Gasteiger partial charge on any atom is -0.315 e. The summed E-state index contributed by atoms with van der Waals surface area (Å²) in [5.74, 6) is 0.175. The van der Waals surface area contributed by atoms with Crippen LogP contribution < -0.4 is 4.80 Å². The number of thiazole rings is 1. The highest BCUT2D eigenvalue weighted by Gasteiger charge is 2.31. The Morgan fingerprint density at radius 3 is 2.27 bits per heavy atom. The zero-order chi connectivity index (χ0) is 23.9. The third-order valence-electron chi connectivity index (χ3n) is 5.82. The van der Waals surface area contributed by atoms with E-state index >= 15 is 0 Å². The number of sulfonamides is 1. The van der Waals surface area contributed by atoms with E-state index < -0.39 is 15.9 Å². The van der Waals surface area contributed by atoms with E-state index in [1.165, 1.54) is 35.6 Å². The van der Waals surface area contributed by atoms with Crippen molar-refractivity contribution < 1.29 is 13.2 Å². The lowest BCUT2D eigenvalue weighted by Gasteiger charge is -2.34. The van der Waals surface area contributed by atoms with Gasteiger partial charge in [0, 0.05) is 25.2 Å². The molecule has 0 saturated carbocycles. The number of rotatable bonds is 4. The molecule has 1 aliphatic rings. The van der Waals surface area contributed by atoms with Gasteiger partial charge in [-0.05, 0) is 61.6 Å². The van der Waals surface area contributed by atoms with Crippen LogP contribution in [0.4, 0.5) is 0 Å². The lowest BCUT2D eigenvalue weighted by molar-refractivity contribution is 0.0997. The van der Waals surface area contributed by atoms with E-state index in [4.69, 9.17) is 23.2 Å². The number of aromatic nitrogens is 1. The van der Waals surface area contributed by atoms with Gasteiger partial charge in [0.05, 0.1) is 25.2 Å². The molecule has 0 spiro atoms. The SMILES string of the molecule is CCn1c(=NC(=O)c2ccc(S(=O)(=O)N3CC(C)CC(C)C3)cc2)sc2c(Cl)ccc(Cl)c21. The van der Waals surface area contributed by atoms with Crippen LogP contribution in [0.2, 0.25) is 10.0 Å². The molecule has 33 heavy (non-hydrogen) atoms. The molecule has 6 nitrogen and oxygen atoms in total. The molecular formula is C23H25Cl2N3O3S2. The van der Waals surface area contributed by atoms with Crippen LogP contribution in [-0.4, -0.2) is 36.3 Å². The van der Waals surface area contributed by atoms with Crippen molar-refractivity contribution in [2.75, 3.05) is 13.1 Å². The molecule has 4 rings (SSSR count). The van der Waals surface area contributed by atoms with Crippen LogP contribution in [0.15, 0.2) is 46.3 Å². The van der Waals surface area contributed by atoms with Gasteiger partial charge in [-0.15, -0.1) is 0 Å². The normalized spacial score (nSPS) is 20.5. The van der Waals surface area contributed by atoms with Gasteiger partial charge in [0.1, 0.15) is 0 Å². The van der Waals surface area contributed by atoms with E-state index in [1.807, 2.05) is 11.5 Å². The number of aryl methyl sites for hydroxylation is 1. The molecule has 1 saturated heterocycles. The highest BCUT2D eigenvalue weighted by atomic mass is 35.5. The monoisotopic (exact) mass is 525 g/mol. The molecule has 0 radical (unpaired) electrons. The molecule has 3 aromatic rings. The minimum absolute atomic E-state index is 0.185. The number of carbonyl (C=O) groups excluding carboxylic acids is 1. The van der Waals surface area contributed by atoms with Gasteiger partial charge in [0.25, 0.3) is 5.91 Å². The lowest BCUT2D eigenvalue weighted by atomic mass is 9.94. The maximum atomic E-state index is 13.1. The van der Waals surface area contributed by atoms with Gasteiger partial charge < -0.3 is 4.57 Å². The number of nitrogens with zero attached hydrogens (tertiary/aromatic N) is 3. The van der Waals surface area contributed by atoms with Crippen LogP contribution in [0.25, 0.3) is 10.2 Å². The minimum atomic E-state index is -3.61. The number of carbonyl (C=O) groups is 1. The van der Waals surface area contributed by atoms with Crippen molar-refractivity contribution in [2.24, 2.45) is 16.8 Å². The van der Waals surface area contributed by atoms with Crippen LogP contribution in [0, 0.1) is 11.8 Å². The summed E-state index contributed by atoms with van der Waals surface area (Å²) in [6.45, 7) is 7.66. The zero-order valence-electron chi connectivity index (χ0n) is 18.6. The fourth-order valence-corrected chi connectivity index (χ4v) is 7.75. The zero-order valence-corrected chi connectivity index (χ0v) is 21.7. The predicted molar refractivity (Wildman–Crippen MR) is 134 cm³/mol. The Labute approximate surface area is 207 Å². The molecule has 0 N–H and O–H groups in total. The first-order valence-electron chi connectivity index (χ1n) is 10.8. The Morgan fingerprint density at radius 1 is 1.06 bits per heavy atom. The van der Waals surface area contributed by atoms with Crippen molar-refractivity contribution in [3.05, 3.63) is 56.8 Å². The van der Waals surface area contributed by atoms with Gasteiger partial charge in [-0.25, -0.2) is 8.42 Å². The van der Waals surface area contributed by atoms with Crippen LogP contribution in [0.1, 0.15) is 37.6 Å². The summed E-state index contributed by atoms with van der Waals surface area (Å²) in [6, 6.07) is 9.43. The molecule has 0 bridgehead atoms. The van der Waals surface area contributed by atoms with Crippen LogP contribution in [0.5, 0.6) is 0 Å². The quantitative estimate of drug-likeness (QED) is 0.455. The van der Waals surface area contributed by atoms with E-state index in [9.17, 15) is 13.2 Å². The fraction of sp³-hybridized carbons (Fsp3) is 0.391. The van der Waals surface area contributed by atoms with Crippen molar-refractivity contribution >= 4 is 60.7 Å². The van der Waals surface area contributed by atoms with E-state index in [1.54, 1.807) is 16.4 Å². The Hall–Kier alpha value is -1.71. The van der Waals surface area contributed by atoms with Crippen LogP contribution in [-0.2, 0) is 16.6 Å². The van der Waals surface area contributed by atoms with Gasteiger partial charge in [-0.2, -0.15) is 9.30 Å². The molecule has 1 aliphatic heterocycles. The Bertz CT molecular complexity index is 1370. The summed E-state index contributed by atoms with van der Waals surface area (Å²) >= 11 is 14.0. The molecule has 1 fully saturated rings. The Kier molecular flexibility index (Phi) is 7.03. The molecule has 1 aromatic heterocycles. The number of halogens is 2. The summed E-state index contributed by atoms with van der Waals surface area (Å²) in [6.07, 6.45) is 1.02. The van der Waals surface area contributed by atoms with Gasteiger partial charge in [0.2, 0.25) is 10.0 Å². The summed E-state index contributed by atoms with van der Waals surface area (Å²) in [5, 5.41) is 1.09. The van der Waals surface area contributed by atoms with Gasteiger partial charge in [-0.3, -0.25) is 4.79 Å². The maximum absolute atomic E-state index is 13.1. The topological polar surface area (TPSA) is 71.7 Å². The van der Waals surface area contributed by atoms with Gasteiger partial charge in [0.15, 0.2) is 4.80 Å². The smallest absolute Gasteiger partial charge is 0.279 e. The van der Waals surface area contributed by atoms with E-state index in [0.29, 0.717) is 51.9 Å². The number of hydrogen-bond acceptors (Lipinski definition) is 4. The van der Waals surface area contributed by atoms with Gasteiger partial charge in [-0.1, -0.05) is 48.4 Å². The number of fused-ring (bicyclic) bond motifs is 1. The Balaban J connectivity index is 1.65. The first-order chi connectivity index (χ1) is 15.6. The van der Waals surface area contributed by atoms with Gasteiger partial charge >= 0.3 is 0 Å². The number of benzene rings is 2. The lowest BCUT2D eigenvalue weighted by Crippen LogP contribution is -2.42. The third-order valence-corrected chi connectivity index (χ3v) is 9.51. The maximum Gasteiger partial charge on any atom is 0.279 e. The fourth-order valence-electron chi connectivity index (χ4n) is 4.36. The largest absolute Gasteiger partial charge is 0.315 e. The van der Waals surface area contributed by atoms with Crippen molar-refractivity contribution in [3.8, 4) is 0 Å². The molecule has 2 heterocycles. The van der Waals surface area contributed by atoms with Crippen molar-refractivity contribution in [2.45, 2.75) is 38.6 Å². The molecule has 2 aromatic carbocycles. The third kappa shape index (κ3) is 4.77. The number of hydrogen-bond donors (Lipinski definition) is 0. The first-order valence-corrected chi connectivity index (χ1v) is 13.8. The highest BCUT2D eigenvalue weighted by molar-refractivity contribution is 7.89. The molecule has 176 valence electrons. The number of amides is 1. The molecule has 1 amide bonds. The van der Waals surface area contributed by atoms with E-state index in [-0.39, 0.29) is 4.90 Å². The summed E-state index contributed by atoms with van der Waals surface area (Å²) in [5.41, 5.74) is 1.06. The predicted octanol–water partition coefficient (Wildman–Crippen LogP) is 5.44. The summed E-state index contributed by atoms with van der Waals surface area (Å²) in [7, 11) is -3.61. The van der Waals surface area contributed by atoms with Crippen molar-refractivity contribution in [3.63, 3.8) is 0 Å². The standard InChI is InChI=1S/C23H25Cl2N3O3S2/c1-4-28-20-18(24)9-10-19(25)21(20)32-23(28)26-22(29)16-5-7-17(8-6-16)33(30,31)27-12-14(2)11-15(3)13-27/h5-10,14-15H,4,11-13H2,1-3H3. The molecular weight excluding hydrogens is 501 g/mol. The molecule has 10 heteroatoms. The molecule has 0 aliphatic carbocycles. The average molecular weight is 527 g/mol.